The van der Waals surface area contributed by atoms with Crippen LogP contribution in [0, 0.1) is 11.8 Å². The van der Waals surface area contributed by atoms with E-state index in [0.717, 1.165) is 6.42 Å². The fraction of sp³-hybridized carbons (Fsp3) is 0.467. The minimum atomic E-state index is -1.03. The molecule has 0 aliphatic rings. The van der Waals surface area contributed by atoms with Gasteiger partial charge in [0.2, 0.25) is 5.91 Å². The zero-order valence-electron chi connectivity index (χ0n) is 12.3. The molecule has 0 saturated carbocycles. The number of nitrogens with one attached hydrogen (secondary N) is 1. The summed E-state index contributed by atoms with van der Waals surface area (Å²) in [6, 6.07) is 4.38. The number of amides is 1. The number of rotatable bonds is 6. The average Bonchev–Trinajstić information content (AvgIpc) is 2.45. The van der Waals surface area contributed by atoms with Crippen molar-refractivity contribution in [2.24, 2.45) is 11.8 Å². The molecule has 0 heterocycles. The Morgan fingerprint density at radius 3 is 2.50 bits per heavy atom. The SMILES string of the molecule is CCC(C)C(C)C(=O)Nc1ccc(C(=O)O)cc1OC. The molecule has 1 amide bonds. The third-order valence-corrected chi connectivity index (χ3v) is 3.62. The molecule has 1 aromatic carbocycles. The molecule has 5 heteroatoms. The van der Waals surface area contributed by atoms with Crippen molar-refractivity contribution in [2.75, 3.05) is 12.4 Å². The van der Waals surface area contributed by atoms with Crippen LogP contribution in [0.5, 0.6) is 5.75 Å². The molecule has 1 rings (SSSR count). The molecule has 0 aromatic heterocycles. The van der Waals surface area contributed by atoms with Gasteiger partial charge in [-0.2, -0.15) is 0 Å². The number of benzene rings is 1. The van der Waals surface area contributed by atoms with Gasteiger partial charge in [0.05, 0.1) is 18.4 Å². The first-order valence-electron chi connectivity index (χ1n) is 6.62. The summed E-state index contributed by atoms with van der Waals surface area (Å²) < 4.78 is 5.13. The van der Waals surface area contributed by atoms with Crippen LogP contribution in [0.1, 0.15) is 37.6 Å². The van der Waals surface area contributed by atoms with E-state index in [4.69, 9.17) is 9.84 Å². The molecule has 20 heavy (non-hydrogen) atoms. The fourth-order valence-electron chi connectivity index (χ4n) is 1.79. The van der Waals surface area contributed by atoms with Crippen molar-refractivity contribution >= 4 is 17.6 Å². The molecule has 0 bridgehead atoms. The highest BCUT2D eigenvalue weighted by Gasteiger charge is 2.20. The van der Waals surface area contributed by atoms with E-state index < -0.39 is 5.97 Å². The van der Waals surface area contributed by atoms with Crippen molar-refractivity contribution in [2.45, 2.75) is 27.2 Å². The van der Waals surface area contributed by atoms with E-state index in [1.807, 2.05) is 20.8 Å². The number of hydrogen-bond acceptors (Lipinski definition) is 3. The molecule has 2 unspecified atom stereocenters. The quantitative estimate of drug-likeness (QED) is 0.839. The smallest absolute Gasteiger partial charge is 0.335 e. The van der Waals surface area contributed by atoms with E-state index in [9.17, 15) is 9.59 Å². The highest BCUT2D eigenvalue weighted by atomic mass is 16.5. The molecule has 2 N–H and O–H groups in total. The Bertz CT molecular complexity index is 499. The fourth-order valence-corrected chi connectivity index (χ4v) is 1.79. The van der Waals surface area contributed by atoms with Gasteiger partial charge in [-0.25, -0.2) is 4.79 Å². The lowest BCUT2D eigenvalue weighted by atomic mass is 9.93. The minimum Gasteiger partial charge on any atom is -0.495 e. The topological polar surface area (TPSA) is 75.6 Å². The van der Waals surface area contributed by atoms with Crippen LogP contribution in [0.25, 0.3) is 0 Å². The molecule has 0 aliphatic heterocycles. The van der Waals surface area contributed by atoms with E-state index in [0.29, 0.717) is 11.4 Å². The highest BCUT2D eigenvalue weighted by Crippen LogP contribution is 2.27. The van der Waals surface area contributed by atoms with Crippen molar-refractivity contribution < 1.29 is 19.4 Å². The van der Waals surface area contributed by atoms with Gasteiger partial charge < -0.3 is 15.2 Å². The van der Waals surface area contributed by atoms with E-state index in [1.165, 1.54) is 19.2 Å². The van der Waals surface area contributed by atoms with Gasteiger partial charge in [0.25, 0.3) is 0 Å². The number of hydrogen-bond donors (Lipinski definition) is 2. The van der Waals surface area contributed by atoms with Gasteiger partial charge in [0.15, 0.2) is 0 Å². The number of carboxylic acid groups (broad SMARTS) is 1. The molecule has 110 valence electrons. The Morgan fingerprint density at radius 1 is 1.35 bits per heavy atom. The van der Waals surface area contributed by atoms with Crippen molar-refractivity contribution in [3.63, 3.8) is 0 Å². The third kappa shape index (κ3) is 3.73. The van der Waals surface area contributed by atoms with Crippen LogP contribution in [0.15, 0.2) is 18.2 Å². The highest BCUT2D eigenvalue weighted by molar-refractivity contribution is 5.95. The first-order chi connectivity index (χ1) is 9.40. The van der Waals surface area contributed by atoms with E-state index in [2.05, 4.69) is 5.32 Å². The summed E-state index contributed by atoms with van der Waals surface area (Å²) >= 11 is 0. The Balaban J connectivity index is 2.92. The molecule has 0 fully saturated rings. The molecule has 0 spiro atoms. The summed E-state index contributed by atoms with van der Waals surface area (Å²) in [6.45, 7) is 5.94. The number of carbonyl (C=O) groups excluding carboxylic acids is 1. The number of aromatic carboxylic acids is 1. The van der Waals surface area contributed by atoms with Gasteiger partial charge in [-0.05, 0) is 24.1 Å². The summed E-state index contributed by atoms with van der Waals surface area (Å²) in [5, 5.41) is 11.7. The second-order valence-corrected chi connectivity index (χ2v) is 4.88. The number of ether oxygens (including phenoxy) is 1. The third-order valence-electron chi connectivity index (χ3n) is 3.62. The maximum absolute atomic E-state index is 12.1. The molecule has 2 atom stereocenters. The Hall–Kier alpha value is -2.04. The summed E-state index contributed by atoms with van der Waals surface area (Å²) in [5.41, 5.74) is 0.604. The summed E-state index contributed by atoms with van der Waals surface area (Å²) in [7, 11) is 1.44. The van der Waals surface area contributed by atoms with E-state index in [-0.39, 0.29) is 23.3 Å². The van der Waals surface area contributed by atoms with Crippen LogP contribution in [-0.4, -0.2) is 24.1 Å². The average molecular weight is 279 g/mol. The number of methoxy groups -OCH3 is 1. The Morgan fingerprint density at radius 2 is 2.00 bits per heavy atom. The molecule has 0 radical (unpaired) electrons. The van der Waals surface area contributed by atoms with E-state index in [1.54, 1.807) is 6.07 Å². The first kappa shape index (κ1) is 16.0. The maximum Gasteiger partial charge on any atom is 0.335 e. The zero-order chi connectivity index (χ0) is 15.3. The predicted octanol–water partition coefficient (Wildman–Crippen LogP) is 3.01. The van der Waals surface area contributed by atoms with Gasteiger partial charge in [-0.3, -0.25) is 4.79 Å². The van der Waals surface area contributed by atoms with Crippen LogP contribution in [0.4, 0.5) is 5.69 Å². The molecular formula is C15H21NO4. The molecular weight excluding hydrogens is 258 g/mol. The van der Waals surface area contributed by atoms with Crippen LogP contribution < -0.4 is 10.1 Å². The largest absolute Gasteiger partial charge is 0.495 e. The van der Waals surface area contributed by atoms with Crippen LogP contribution in [0.3, 0.4) is 0 Å². The second-order valence-electron chi connectivity index (χ2n) is 4.88. The lowest BCUT2D eigenvalue weighted by Crippen LogP contribution is -2.25. The van der Waals surface area contributed by atoms with Crippen molar-refractivity contribution in [1.29, 1.82) is 0 Å². The normalized spacial score (nSPS) is 13.4. The molecule has 0 saturated heterocycles. The standard InChI is InChI=1S/C15H21NO4/c1-5-9(2)10(3)14(17)16-12-7-6-11(15(18)19)8-13(12)20-4/h6-10H,5H2,1-4H3,(H,16,17)(H,18,19). The lowest BCUT2D eigenvalue weighted by molar-refractivity contribution is -0.120. The van der Waals surface area contributed by atoms with Gasteiger partial charge in [-0.15, -0.1) is 0 Å². The second kappa shape index (κ2) is 6.93. The van der Waals surface area contributed by atoms with Crippen molar-refractivity contribution in [3.8, 4) is 5.75 Å². The maximum atomic E-state index is 12.1. The first-order valence-corrected chi connectivity index (χ1v) is 6.62. The molecule has 0 aliphatic carbocycles. The Labute approximate surface area is 118 Å². The lowest BCUT2D eigenvalue weighted by Gasteiger charge is -2.19. The molecule has 1 aromatic rings. The van der Waals surface area contributed by atoms with Gasteiger partial charge in [0.1, 0.15) is 5.75 Å². The Kier molecular flexibility index (Phi) is 5.55. The van der Waals surface area contributed by atoms with Gasteiger partial charge >= 0.3 is 5.97 Å². The van der Waals surface area contributed by atoms with Crippen molar-refractivity contribution in [3.05, 3.63) is 23.8 Å². The minimum absolute atomic E-state index is 0.0966. The number of anilines is 1. The summed E-state index contributed by atoms with van der Waals surface area (Å²) in [6.07, 6.45) is 0.920. The monoisotopic (exact) mass is 279 g/mol. The summed E-state index contributed by atoms with van der Waals surface area (Å²) in [4.78, 5) is 23.0. The summed E-state index contributed by atoms with van der Waals surface area (Å²) in [5.74, 6) is -0.632. The van der Waals surface area contributed by atoms with Crippen molar-refractivity contribution in [1.82, 2.24) is 0 Å². The number of carboxylic acids is 1. The number of carbonyl (C=O) groups is 2. The van der Waals surface area contributed by atoms with E-state index >= 15 is 0 Å². The van der Waals surface area contributed by atoms with Crippen LogP contribution >= 0.6 is 0 Å². The zero-order valence-corrected chi connectivity index (χ0v) is 12.3. The van der Waals surface area contributed by atoms with Crippen LogP contribution in [-0.2, 0) is 4.79 Å². The molecule has 5 nitrogen and oxygen atoms in total. The van der Waals surface area contributed by atoms with Crippen LogP contribution in [0.2, 0.25) is 0 Å². The van der Waals surface area contributed by atoms with Gasteiger partial charge in [-0.1, -0.05) is 27.2 Å². The van der Waals surface area contributed by atoms with Gasteiger partial charge in [0, 0.05) is 5.92 Å². The predicted molar refractivity (Wildman–Crippen MR) is 77.2 cm³/mol.